The first kappa shape index (κ1) is 12.4. The topological polar surface area (TPSA) is 84.4 Å². The molecule has 0 unspecified atom stereocenters. The second-order valence-electron chi connectivity index (χ2n) is 5.36. The van der Waals surface area contributed by atoms with Crippen molar-refractivity contribution in [3.63, 3.8) is 0 Å². The molecule has 104 valence electrons. The van der Waals surface area contributed by atoms with E-state index in [0.717, 1.165) is 32.2 Å². The van der Waals surface area contributed by atoms with Crippen LogP contribution in [-0.2, 0) is 0 Å². The van der Waals surface area contributed by atoms with Gasteiger partial charge in [-0.25, -0.2) is 4.68 Å². The Kier molecular flexibility index (Phi) is 3.14. The third-order valence-corrected chi connectivity index (χ3v) is 3.84. The van der Waals surface area contributed by atoms with Crippen molar-refractivity contribution >= 4 is 11.5 Å². The van der Waals surface area contributed by atoms with Gasteiger partial charge in [-0.1, -0.05) is 0 Å². The summed E-state index contributed by atoms with van der Waals surface area (Å²) in [5.74, 6) is 0.626. The maximum atomic E-state index is 11.1. The lowest BCUT2D eigenvalue weighted by atomic mass is 10.2. The van der Waals surface area contributed by atoms with Crippen LogP contribution in [0.2, 0.25) is 0 Å². The Bertz CT molecular complexity index is 483. The minimum Gasteiger partial charge on any atom is -0.393 e. The maximum Gasteiger partial charge on any atom is 0.331 e. The summed E-state index contributed by atoms with van der Waals surface area (Å²) in [5, 5.41) is 25.0. The number of aliphatic hydroxyl groups is 1. The Hall–Kier alpha value is -1.63. The maximum absolute atomic E-state index is 11.1. The van der Waals surface area contributed by atoms with E-state index in [1.807, 2.05) is 4.90 Å². The normalized spacial score (nSPS) is 24.3. The molecule has 1 aromatic heterocycles. The van der Waals surface area contributed by atoms with E-state index in [1.54, 1.807) is 4.68 Å². The van der Waals surface area contributed by atoms with Gasteiger partial charge < -0.3 is 10.0 Å². The van der Waals surface area contributed by atoms with Gasteiger partial charge in [-0.15, -0.1) is 0 Å². The van der Waals surface area contributed by atoms with Crippen molar-refractivity contribution in [1.82, 2.24) is 9.78 Å². The highest BCUT2D eigenvalue weighted by Crippen LogP contribution is 2.41. The predicted octanol–water partition coefficient (Wildman–Crippen LogP) is 1.48. The molecule has 1 atom stereocenters. The van der Waals surface area contributed by atoms with Crippen LogP contribution in [0.1, 0.15) is 38.1 Å². The number of rotatable bonds is 3. The third-order valence-electron chi connectivity index (χ3n) is 3.84. The van der Waals surface area contributed by atoms with Gasteiger partial charge in [-0.2, -0.15) is 5.10 Å². The Morgan fingerprint density at radius 3 is 2.79 bits per heavy atom. The molecule has 2 heterocycles. The first-order valence-electron chi connectivity index (χ1n) is 6.81. The van der Waals surface area contributed by atoms with Crippen molar-refractivity contribution in [1.29, 1.82) is 0 Å². The van der Waals surface area contributed by atoms with Gasteiger partial charge in [-0.05, 0) is 32.1 Å². The lowest BCUT2D eigenvalue weighted by Crippen LogP contribution is -2.28. The largest absolute Gasteiger partial charge is 0.393 e. The van der Waals surface area contributed by atoms with Crippen LogP contribution in [0, 0.1) is 10.1 Å². The molecule has 0 amide bonds. The Morgan fingerprint density at radius 1 is 1.32 bits per heavy atom. The molecule has 0 aromatic carbocycles. The Labute approximate surface area is 111 Å². The first-order chi connectivity index (χ1) is 9.16. The third kappa shape index (κ3) is 2.42. The zero-order chi connectivity index (χ0) is 13.4. The number of nitro groups is 1. The van der Waals surface area contributed by atoms with Gasteiger partial charge in [0.15, 0.2) is 0 Å². The lowest BCUT2D eigenvalue weighted by Gasteiger charge is -2.22. The SMILES string of the molecule is O=[N+]([O-])c1cnn(C2CC2)c1N1CCC[C@@H](O)CC1. The van der Waals surface area contributed by atoms with Crippen LogP contribution in [-0.4, -0.2) is 39.0 Å². The molecule has 2 fully saturated rings. The lowest BCUT2D eigenvalue weighted by molar-refractivity contribution is -0.384. The molecule has 7 heteroatoms. The molecule has 1 saturated heterocycles. The molecule has 3 rings (SSSR count). The van der Waals surface area contributed by atoms with Crippen LogP contribution in [0.3, 0.4) is 0 Å². The van der Waals surface area contributed by atoms with Crippen LogP contribution in [0.5, 0.6) is 0 Å². The molecular weight excluding hydrogens is 248 g/mol. The van der Waals surface area contributed by atoms with Crippen LogP contribution in [0.4, 0.5) is 11.5 Å². The Balaban J connectivity index is 1.92. The average Bonchev–Trinajstić information content (AvgIpc) is 3.15. The van der Waals surface area contributed by atoms with Crippen molar-refractivity contribution in [3.8, 4) is 0 Å². The van der Waals surface area contributed by atoms with Gasteiger partial charge in [0.25, 0.3) is 0 Å². The summed E-state index contributed by atoms with van der Waals surface area (Å²) in [4.78, 5) is 12.8. The zero-order valence-electron chi connectivity index (χ0n) is 10.7. The van der Waals surface area contributed by atoms with E-state index >= 15 is 0 Å². The quantitative estimate of drug-likeness (QED) is 0.661. The van der Waals surface area contributed by atoms with Crippen LogP contribution < -0.4 is 4.90 Å². The number of aliphatic hydroxyl groups excluding tert-OH is 1. The smallest absolute Gasteiger partial charge is 0.331 e. The summed E-state index contributed by atoms with van der Waals surface area (Å²) in [7, 11) is 0. The summed E-state index contributed by atoms with van der Waals surface area (Å²) in [6.45, 7) is 1.40. The fraction of sp³-hybridized carbons (Fsp3) is 0.750. The molecule has 1 aliphatic heterocycles. The molecule has 1 aliphatic carbocycles. The van der Waals surface area contributed by atoms with E-state index in [2.05, 4.69) is 5.10 Å². The van der Waals surface area contributed by atoms with Crippen molar-refractivity contribution < 1.29 is 10.0 Å². The zero-order valence-corrected chi connectivity index (χ0v) is 10.7. The van der Waals surface area contributed by atoms with E-state index < -0.39 is 0 Å². The molecule has 1 aromatic rings. The summed E-state index contributed by atoms with van der Waals surface area (Å²) >= 11 is 0. The van der Waals surface area contributed by atoms with E-state index in [1.165, 1.54) is 6.20 Å². The van der Waals surface area contributed by atoms with Gasteiger partial charge in [0, 0.05) is 13.1 Å². The second-order valence-corrected chi connectivity index (χ2v) is 5.36. The highest BCUT2D eigenvalue weighted by Gasteiger charge is 2.34. The summed E-state index contributed by atoms with van der Waals surface area (Å²) in [5.41, 5.74) is 0.0864. The van der Waals surface area contributed by atoms with Gasteiger partial charge in [0.05, 0.1) is 17.1 Å². The van der Waals surface area contributed by atoms with E-state index in [4.69, 9.17) is 0 Å². The fourth-order valence-corrected chi connectivity index (χ4v) is 2.66. The van der Waals surface area contributed by atoms with Gasteiger partial charge in [0.1, 0.15) is 6.20 Å². The fourth-order valence-electron chi connectivity index (χ4n) is 2.66. The molecule has 0 spiro atoms. The molecule has 2 aliphatic rings. The number of aromatic nitrogens is 2. The van der Waals surface area contributed by atoms with Gasteiger partial charge in [0.2, 0.25) is 5.82 Å². The predicted molar refractivity (Wildman–Crippen MR) is 69.2 cm³/mol. The van der Waals surface area contributed by atoms with Gasteiger partial charge >= 0.3 is 5.69 Å². The number of anilines is 1. The number of nitrogens with zero attached hydrogens (tertiary/aromatic N) is 4. The molecular formula is C12H18N4O3. The minimum absolute atomic E-state index is 0.0864. The summed E-state index contributed by atoms with van der Waals surface area (Å²) in [6, 6.07) is 0.317. The first-order valence-corrected chi connectivity index (χ1v) is 6.81. The van der Waals surface area contributed by atoms with Crippen LogP contribution in [0.15, 0.2) is 6.20 Å². The van der Waals surface area contributed by atoms with E-state index in [-0.39, 0.29) is 16.7 Å². The van der Waals surface area contributed by atoms with Gasteiger partial charge in [-0.3, -0.25) is 10.1 Å². The molecule has 0 radical (unpaired) electrons. The van der Waals surface area contributed by atoms with E-state index in [0.29, 0.717) is 24.8 Å². The van der Waals surface area contributed by atoms with Crippen molar-refractivity contribution in [2.24, 2.45) is 0 Å². The average molecular weight is 266 g/mol. The molecule has 0 bridgehead atoms. The second kappa shape index (κ2) is 4.80. The summed E-state index contributed by atoms with van der Waals surface area (Å²) in [6.07, 6.45) is 5.43. The van der Waals surface area contributed by atoms with Crippen molar-refractivity contribution in [2.45, 2.75) is 44.2 Å². The van der Waals surface area contributed by atoms with E-state index in [9.17, 15) is 15.2 Å². The highest BCUT2D eigenvalue weighted by molar-refractivity contribution is 5.58. The highest BCUT2D eigenvalue weighted by atomic mass is 16.6. The van der Waals surface area contributed by atoms with Crippen LogP contribution in [0.25, 0.3) is 0 Å². The monoisotopic (exact) mass is 266 g/mol. The molecule has 19 heavy (non-hydrogen) atoms. The molecule has 7 nitrogen and oxygen atoms in total. The standard InChI is InChI=1S/C12H18N4O3/c17-10-2-1-6-14(7-5-10)12-11(16(18)19)8-13-15(12)9-3-4-9/h8-10,17H,1-7H2/t10-/m1/s1. The van der Waals surface area contributed by atoms with Crippen molar-refractivity contribution in [2.75, 3.05) is 18.0 Å². The number of hydrogen-bond acceptors (Lipinski definition) is 5. The molecule has 1 N–H and O–H groups in total. The number of hydrogen-bond donors (Lipinski definition) is 1. The van der Waals surface area contributed by atoms with Crippen LogP contribution >= 0.6 is 0 Å². The Morgan fingerprint density at radius 2 is 2.11 bits per heavy atom. The summed E-state index contributed by atoms with van der Waals surface area (Å²) < 4.78 is 1.80. The minimum atomic E-state index is -0.359. The molecule has 1 saturated carbocycles. The van der Waals surface area contributed by atoms with Crippen molar-refractivity contribution in [3.05, 3.63) is 16.3 Å².